The number of fused-ring (bicyclic) bond motifs is 5. The van der Waals surface area contributed by atoms with E-state index in [9.17, 15) is 18.4 Å². The normalized spacial score (nSPS) is 20.1. The maximum atomic E-state index is 16.8. The average molecular weight is 895 g/mol. The molecule has 0 saturated carbocycles. The second-order valence-electron chi connectivity index (χ2n) is 18.4. The standard InChI is InChI=1S/C50H61F3N8O4/c1-7-29(25-56-36(8-2)39-14-10-18-59(39)47(62)44(54)27(3)4)30-16-17-38-33(20-30)23-41-43-35(51)22-32(24-42(43)65-49(61(38)41)31-12-9-13-34(21-31)64-50(52)53)37-26-57-46(58-37)40-15-11-19-60(40)48(63)45(55)28(5)6/h9,12-13,16-17,20-24,26-29,39-40,44-45,49-50H,7-8,10-11,14-15,18-19,25,54-55H2,1-6H3,(H,57,58)/t29?,39-,40-,44-,45-,49?/m0/s1. The third-order valence-corrected chi connectivity index (χ3v) is 13.5. The molecule has 65 heavy (non-hydrogen) atoms. The van der Waals surface area contributed by atoms with Gasteiger partial charge in [-0.3, -0.25) is 14.6 Å². The minimum atomic E-state index is -3.02. The molecular weight excluding hydrogens is 834 g/mol. The molecule has 5 heterocycles. The van der Waals surface area contributed by atoms with Crippen LogP contribution in [0.5, 0.6) is 11.5 Å². The number of aromatic nitrogens is 3. The minimum Gasteiger partial charge on any atom is -0.465 e. The predicted octanol–water partition coefficient (Wildman–Crippen LogP) is 9.34. The first-order chi connectivity index (χ1) is 31.2. The van der Waals surface area contributed by atoms with Crippen molar-refractivity contribution in [1.82, 2.24) is 24.3 Å². The molecule has 2 amide bonds. The fraction of sp³-hybridized carbons (Fsp3) is 0.480. The van der Waals surface area contributed by atoms with Crippen molar-refractivity contribution in [2.24, 2.45) is 28.3 Å². The molecule has 2 saturated heterocycles. The lowest BCUT2D eigenvalue weighted by Gasteiger charge is -2.31. The number of amides is 2. The predicted molar refractivity (Wildman–Crippen MR) is 246 cm³/mol. The molecule has 2 unspecified atom stereocenters. The van der Waals surface area contributed by atoms with Gasteiger partial charge in [-0.15, -0.1) is 0 Å². The Morgan fingerprint density at radius 1 is 0.938 bits per heavy atom. The van der Waals surface area contributed by atoms with E-state index in [-0.39, 0.29) is 58.7 Å². The summed E-state index contributed by atoms with van der Waals surface area (Å²) >= 11 is 0. The number of nitrogens with one attached hydrogen (secondary N) is 1. The Morgan fingerprint density at radius 2 is 1.66 bits per heavy atom. The molecule has 3 aliphatic rings. The molecule has 8 rings (SSSR count). The van der Waals surface area contributed by atoms with Gasteiger partial charge in [0.2, 0.25) is 18.0 Å². The number of hydrogen-bond donors (Lipinski definition) is 3. The molecule has 0 aliphatic carbocycles. The molecule has 5 N–H and O–H groups in total. The number of aliphatic imine (C=N–C) groups is 1. The van der Waals surface area contributed by atoms with E-state index in [0.29, 0.717) is 48.0 Å². The summed E-state index contributed by atoms with van der Waals surface area (Å²) in [7, 11) is 0. The van der Waals surface area contributed by atoms with E-state index in [4.69, 9.17) is 25.9 Å². The van der Waals surface area contributed by atoms with Crippen molar-refractivity contribution in [1.29, 1.82) is 0 Å². The van der Waals surface area contributed by atoms with Gasteiger partial charge in [-0.25, -0.2) is 9.37 Å². The van der Waals surface area contributed by atoms with Gasteiger partial charge in [-0.1, -0.05) is 59.7 Å². The molecule has 0 bridgehead atoms. The number of hydrogen-bond acceptors (Lipinski definition) is 8. The number of aromatic amines is 1. The third-order valence-electron chi connectivity index (χ3n) is 13.5. The first-order valence-electron chi connectivity index (χ1n) is 23.1. The Balaban J connectivity index is 1.14. The van der Waals surface area contributed by atoms with Gasteiger partial charge in [0.1, 0.15) is 23.1 Å². The largest absolute Gasteiger partial charge is 0.465 e. The van der Waals surface area contributed by atoms with Crippen molar-refractivity contribution in [2.75, 3.05) is 19.6 Å². The smallest absolute Gasteiger partial charge is 0.387 e. The fourth-order valence-corrected chi connectivity index (χ4v) is 9.71. The number of imidazole rings is 1. The topological polar surface area (TPSA) is 157 Å². The zero-order valence-electron chi connectivity index (χ0n) is 38.1. The van der Waals surface area contributed by atoms with E-state index in [2.05, 4.69) is 35.9 Å². The van der Waals surface area contributed by atoms with Gasteiger partial charge in [0, 0.05) is 47.8 Å². The summed E-state index contributed by atoms with van der Waals surface area (Å²) in [6, 6.07) is 16.2. The van der Waals surface area contributed by atoms with Crippen LogP contribution in [0.15, 0.2) is 71.9 Å². The van der Waals surface area contributed by atoms with Gasteiger partial charge in [0.15, 0.2) is 0 Å². The van der Waals surface area contributed by atoms with Crippen molar-refractivity contribution >= 4 is 28.4 Å². The van der Waals surface area contributed by atoms with E-state index in [1.165, 1.54) is 18.2 Å². The quantitative estimate of drug-likeness (QED) is 0.0885. The molecule has 0 spiro atoms. The van der Waals surface area contributed by atoms with Gasteiger partial charge in [0.25, 0.3) is 0 Å². The zero-order chi connectivity index (χ0) is 46.3. The first kappa shape index (κ1) is 45.9. The number of nitrogens with two attached hydrogens (primary N) is 2. The molecule has 0 radical (unpaired) electrons. The summed E-state index contributed by atoms with van der Waals surface area (Å²) in [6.07, 6.45) is 5.58. The SMILES string of the molecule is CCC(=NCC(CC)c1ccc2c(c1)cc1n2C(c2cccc(OC(F)F)c2)Oc2cc(-c3cnc([C@@H]4CCCN4C(=O)[C@@H](N)C(C)C)[nH]3)cc(F)c2-1)[C@@H]1CCCN1C(=O)[C@@H](N)C(C)C. The molecule has 3 aromatic carbocycles. The minimum absolute atomic E-state index is 0.0198. The summed E-state index contributed by atoms with van der Waals surface area (Å²) in [5.41, 5.74) is 17.8. The van der Waals surface area contributed by atoms with Crippen LogP contribution in [0, 0.1) is 17.7 Å². The monoisotopic (exact) mass is 894 g/mol. The van der Waals surface area contributed by atoms with Crippen molar-refractivity contribution in [3.8, 4) is 34.0 Å². The van der Waals surface area contributed by atoms with E-state index in [0.717, 1.165) is 60.7 Å². The number of carbonyl (C=O) groups is 2. The van der Waals surface area contributed by atoms with Crippen LogP contribution in [0.3, 0.4) is 0 Å². The van der Waals surface area contributed by atoms with Crippen LogP contribution in [0.2, 0.25) is 0 Å². The number of nitrogens with zero attached hydrogens (tertiary/aromatic N) is 5. The highest BCUT2D eigenvalue weighted by Gasteiger charge is 2.38. The molecule has 3 aliphatic heterocycles. The maximum absolute atomic E-state index is 16.8. The van der Waals surface area contributed by atoms with Crippen molar-refractivity contribution in [2.45, 2.75) is 123 Å². The third kappa shape index (κ3) is 9.01. The molecule has 15 heteroatoms. The van der Waals surface area contributed by atoms with Crippen LogP contribution in [0.1, 0.15) is 115 Å². The van der Waals surface area contributed by atoms with Crippen molar-refractivity contribution in [3.63, 3.8) is 0 Å². The summed E-state index contributed by atoms with van der Waals surface area (Å²) in [4.78, 5) is 43.5. The van der Waals surface area contributed by atoms with E-state index < -0.39 is 30.7 Å². The molecule has 12 nitrogen and oxygen atoms in total. The lowest BCUT2D eigenvalue weighted by Crippen LogP contribution is -2.50. The first-order valence-corrected chi connectivity index (χ1v) is 23.1. The number of likely N-dealkylation sites (tertiary alicyclic amines) is 2. The average Bonchev–Trinajstić information content (AvgIpc) is 4.13. The summed E-state index contributed by atoms with van der Waals surface area (Å²) in [5.74, 6) is 0.239. The molecule has 6 atom stereocenters. The Bertz CT molecular complexity index is 2570. The van der Waals surface area contributed by atoms with Gasteiger partial charge >= 0.3 is 6.61 Å². The molecule has 2 aromatic heterocycles. The molecule has 5 aromatic rings. The number of halogens is 3. The second-order valence-corrected chi connectivity index (χ2v) is 18.4. The Kier molecular flexibility index (Phi) is 13.4. The van der Waals surface area contributed by atoms with Crippen LogP contribution < -0.4 is 20.9 Å². The molecule has 2 fully saturated rings. The van der Waals surface area contributed by atoms with Crippen LogP contribution in [-0.2, 0) is 9.59 Å². The summed E-state index contributed by atoms with van der Waals surface area (Å²) < 4.78 is 57.1. The van der Waals surface area contributed by atoms with E-state index >= 15 is 4.39 Å². The Hall–Kier alpha value is -5.67. The number of ether oxygens (including phenoxy) is 2. The van der Waals surface area contributed by atoms with Gasteiger partial charge in [-0.05, 0) is 98.4 Å². The number of alkyl halides is 2. The van der Waals surface area contributed by atoms with Crippen molar-refractivity contribution < 1.29 is 32.2 Å². The van der Waals surface area contributed by atoms with Crippen LogP contribution in [-0.4, -0.2) is 86.2 Å². The van der Waals surface area contributed by atoms with E-state index in [1.54, 1.807) is 29.3 Å². The van der Waals surface area contributed by atoms with Crippen molar-refractivity contribution in [3.05, 3.63) is 89.6 Å². The molecular formula is C50H61F3N8O4. The Labute approximate surface area is 378 Å². The van der Waals surface area contributed by atoms with Crippen LogP contribution >= 0.6 is 0 Å². The van der Waals surface area contributed by atoms with Gasteiger partial charge < -0.3 is 40.3 Å². The van der Waals surface area contributed by atoms with Gasteiger partial charge in [-0.2, -0.15) is 8.78 Å². The summed E-state index contributed by atoms with van der Waals surface area (Å²) in [6.45, 7) is 10.7. The molecule has 346 valence electrons. The summed E-state index contributed by atoms with van der Waals surface area (Å²) in [5, 5.41) is 0.849. The fourth-order valence-electron chi connectivity index (χ4n) is 9.71. The van der Waals surface area contributed by atoms with Gasteiger partial charge in [0.05, 0.1) is 52.8 Å². The number of carbonyl (C=O) groups excluding carboxylic acids is 2. The van der Waals surface area contributed by atoms with E-state index in [1.807, 2.05) is 49.3 Å². The number of H-pyrrole nitrogens is 1. The lowest BCUT2D eigenvalue weighted by atomic mass is 9.95. The van der Waals surface area contributed by atoms with Crippen LogP contribution in [0.25, 0.3) is 33.4 Å². The zero-order valence-corrected chi connectivity index (χ0v) is 38.1. The number of benzene rings is 3. The lowest BCUT2D eigenvalue weighted by molar-refractivity contribution is -0.135. The Morgan fingerprint density at radius 3 is 2.37 bits per heavy atom. The highest BCUT2D eigenvalue weighted by atomic mass is 19.3. The highest BCUT2D eigenvalue weighted by molar-refractivity contribution is 5.95. The van der Waals surface area contributed by atoms with Crippen LogP contribution in [0.4, 0.5) is 13.2 Å². The number of rotatable bonds is 15. The second kappa shape index (κ2) is 19.0. The highest BCUT2D eigenvalue weighted by Crippen LogP contribution is 2.48. The maximum Gasteiger partial charge on any atom is 0.387 e.